The van der Waals surface area contributed by atoms with Gasteiger partial charge in [0.1, 0.15) is 0 Å². The monoisotopic (exact) mass is 217 g/mol. The van der Waals surface area contributed by atoms with E-state index in [0.29, 0.717) is 5.75 Å². The lowest BCUT2D eigenvalue weighted by molar-refractivity contribution is 0.390. The highest BCUT2D eigenvalue weighted by atomic mass is 32.2. The van der Waals surface area contributed by atoms with E-state index in [1.165, 1.54) is 13.2 Å². The third-order valence-corrected chi connectivity index (χ3v) is 1.94. The molecule has 0 saturated heterocycles. The molecule has 0 fully saturated rings. The quantitative estimate of drug-likeness (QED) is 0.803. The van der Waals surface area contributed by atoms with Gasteiger partial charge >= 0.3 is 10.3 Å². The Morgan fingerprint density at radius 3 is 2.43 bits per heavy atom. The van der Waals surface area contributed by atoms with Crippen LogP contribution in [0.15, 0.2) is 18.2 Å². The highest BCUT2D eigenvalue weighted by Gasteiger charge is 2.10. The molecular formula is C8H11NO4S. The summed E-state index contributed by atoms with van der Waals surface area (Å²) in [7, 11) is -2.58. The lowest BCUT2D eigenvalue weighted by Gasteiger charge is -2.08. The van der Waals surface area contributed by atoms with Crippen molar-refractivity contribution in [2.75, 3.05) is 7.11 Å². The van der Waals surface area contributed by atoms with Crippen LogP contribution in [0.1, 0.15) is 5.56 Å². The van der Waals surface area contributed by atoms with Gasteiger partial charge in [0.05, 0.1) is 7.11 Å². The summed E-state index contributed by atoms with van der Waals surface area (Å²) in [5.74, 6) is 0.416. The first-order valence-corrected chi connectivity index (χ1v) is 5.26. The van der Waals surface area contributed by atoms with E-state index in [1.807, 2.05) is 6.92 Å². The fourth-order valence-corrected chi connectivity index (χ4v) is 1.36. The van der Waals surface area contributed by atoms with Crippen LogP contribution in [0.25, 0.3) is 0 Å². The smallest absolute Gasteiger partial charge is 0.380 e. The van der Waals surface area contributed by atoms with E-state index in [9.17, 15) is 8.42 Å². The van der Waals surface area contributed by atoms with Crippen molar-refractivity contribution in [1.29, 1.82) is 0 Å². The van der Waals surface area contributed by atoms with Gasteiger partial charge in [-0.1, -0.05) is 6.07 Å². The predicted molar refractivity (Wildman–Crippen MR) is 51.5 cm³/mol. The van der Waals surface area contributed by atoms with Gasteiger partial charge in [0.2, 0.25) is 0 Å². The summed E-state index contributed by atoms with van der Waals surface area (Å²) in [5, 5.41) is 4.72. The van der Waals surface area contributed by atoms with E-state index in [-0.39, 0.29) is 5.75 Å². The molecule has 0 atom stereocenters. The first-order chi connectivity index (χ1) is 6.42. The van der Waals surface area contributed by atoms with Gasteiger partial charge in [0, 0.05) is 0 Å². The zero-order valence-corrected chi connectivity index (χ0v) is 8.67. The Labute approximate surface area is 82.7 Å². The molecule has 1 aromatic carbocycles. The largest absolute Gasteiger partial charge is 0.493 e. The molecular weight excluding hydrogens is 206 g/mol. The van der Waals surface area contributed by atoms with Crippen molar-refractivity contribution < 1.29 is 17.3 Å². The van der Waals surface area contributed by atoms with E-state index in [1.54, 1.807) is 12.1 Å². The van der Waals surface area contributed by atoms with Crippen molar-refractivity contribution >= 4 is 10.3 Å². The maximum atomic E-state index is 10.7. The molecule has 0 unspecified atom stereocenters. The number of methoxy groups -OCH3 is 1. The maximum Gasteiger partial charge on any atom is 0.380 e. The zero-order chi connectivity index (χ0) is 10.8. The van der Waals surface area contributed by atoms with E-state index < -0.39 is 10.3 Å². The second-order valence-corrected chi connectivity index (χ2v) is 3.88. The maximum absolute atomic E-state index is 10.7. The number of benzene rings is 1. The van der Waals surface area contributed by atoms with E-state index >= 15 is 0 Å². The van der Waals surface area contributed by atoms with Crippen molar-refractivity contribution in [3.8, 4) is 11.5 Å². The third kappa shape index (κ3) is 2.90. The van der Waals surface area contributed by atoms with Crippen LogP contribution >= 0.6 is 0 Å². The Hall–Kier alpha value is -1.27. The summed E-state index contributed by atoms with van der Waals surface area (Å²) in [5.41, 5.74) is 0.934. The molecule has 0 aliphatic carbocycles. The summed E-state index contributed by atoms with van der Waals surface area (Å²) in [6, 6.07) is 4.84. The Morgan fingerprint density at radius 1 is 1.29 bits per heavy atom. The number of hydrogen-bond acceptors (Lipinski definition) is 4. The summed E-state index contributed by atoms with van der Waals surface area (Å²) in [4.78, 5) is 0. The number of rotatable bonds is 3. The summed E-state index contributed by atoms with van der Waals surface area (Å²) < 4.78 is 30.7. The van der Waals surface area contributed by atoms with Crippen molar-refractivity contribution in [2.45, 2.75) is 6.92 Å². The predicted octanol–water partition coefficient (Wildman–Crippen LogP) is 0.586. The fourth-order valence-electron chi connectivity index (χ4n) is 0.969. The number of aryl methyl sites for hydroxylation is 1. The molecule has 1 rings (SSSR count). The SMILES string of the molecule is COc1cc(C)ccc1OS(N)(=O)=O. The summed E-state index contributed by atoms with van der Waals surface area (Å²) in [6.07, 6.45) is 0. The van der Waals surface area contributed by atoms with Crippen molar-refractivity contribution in [3.63, 3.8) is 0 Å². The highest BCUT2D eigenvalue weighted by molar-refractivity contribution is 7.84. The third-order valence-electron chi connectivity index (χ3n) is 1.53. The minimum absolute atomic E-state index is 0.0839. The second-order valence-electron chi connectivity index (χ2n) is 2.73. The normalized spacial score (nSPS) is 11.1. The van der Waals surface area contributed by atoms with Gasteiger partial charge in [-0.2, -0.15) is 13.6 Å². The topological polar surface area (TPSA) is 78.6 Å². The highest BCUT2D eigenvalue weighted by Crippen LogP contribution is 2.28. The molecule has 0 saturated carbocycles. The van der Waals surface area contributed by atoms with Crippen LogP contribution in [-0.4, -0.2) is 15.5 Å². The molecule has 0 bridgehead atoms. The van der Waals surface area contributed by atoms with Crippen LogP contribution in [0.2, 0.25) is 0 Å². The van der Waals surface area contributed by atoms with Crippen molar-refractivity contribution in [2.24, 2.45) is 5.14 Å². The molecule has 0 spiro atoms. The first kappa shape index (κ1) is 10.8. The summed E-state index contributed by atoms with van der Waals surface area (Å²) >= 11 is 0. The fraction of sp³-hybridized carbons (Fsp3) is 0.250. The Balaban J connectivity index is 3.09. The Kier molecular flexibility index (Phi) is 2.97. The van der Waals surface area contributed by atoms with E-state index in [2.05, 4.69) is 4.18 Å². The number of ether oxygens (including phenoxy) is 1. The molecule has 0 amide bonds. The zero-order valence-electron chi connectivity index (χ0n) is 7.85. The van der Waals surface area contributed by atoms with Crippen LogP contribution in [-0.2, 0) is 10.3 Å². The molecule has 0 aliphatic rings. The van der Waals surface area contributed by atoms with Crippen molar-refractivity contribution in [3.05, 3.63) is 23.8 Å². The first-order valence-electron chi connectivity index (χ1n) is 3.79. The molecule has 0 heterocycles. The van der Waals surface area contributed by atoms with E-state index in [4.69, 9.17) is 9.88 Å². The lowest BCUT2D eigenvalue weighted by atomic mass is 10.2. The Bertz CT molecular complexity index is 427. The summed E-state index contributed by atoms with van der Waals surface area (Å²) in [6.45, 7) is 1.85. The van der Waals surface area contributed by atoms with Gasteiger partial charge in [0.15, 0.2) is 11.5 Å². The molecule has 6 heteroatoms. The van der Waals surface area contributed by atoms with Gasteiger partial charge in [-0.3, -0.25) is 0 Å². The van der Waals surface area contributed by atoms with Crippen molar-refractivity contribution in [1.82, 2.24) is 0 Å². The lowest BCUT2D eigenvalue weighted by Crippen LogP contribution is -2.19. The number of nitrogens with two attached hydrogens (primary N) is 1. The van der Waals surface area contributed by atoms with E-state index in [0.717, 1.165) is 5.56 Å². The van der Waals surface area contributed by atoms with Gasteiger partial charge < -0.3 is 8.92 Å². The molecule has 5 nitrogen and oxygen atoms in total. The minimum Gasteiger partial charge on any atom is -0.493 e. The van der Waals surface area contributed by atoms with Crippen LogP contribution in [0, 0.1) is 6.92 Å². The van der Waals surface area contributed by atoms with Crippen LogP contribution in [0.5, 0.6) is 11.5 Å². The van der Waals surface area contributed by atoms with Gasteiger partial charge in [0.25, 0.3) is 0 Å². The van der Waals surface area contributed by atoms with Gasteiger partial charge in [-0.05, 0) is 24.6 Å². The molecule has 0 aromatic heterocycles. The molecule has 1 aromatic rings. The molecule has 0 aliphatic heterocycles. The molecule has 14 heavy (non-hydrogen) atoms. The Morgan fingerprint density at radius 2 is 1.93 bits per heavy atom. The van der Waals surface area contributed by atoms with Crippen LogP contribution in [0.3, 0.4) is 0 Å². The molecule has 78 valence electrons. The number of hydrogen-bond donors (Lipinski definition) is 1. The average Bonchev–Trinajstić information content (AvgIpc) is 2.06. The van der Waals surface area contributed by atoms with Crippen LogP contribution in [0.4, 0.5) is 0 Å². The molecule has 2 N–H and O–H groups in total. The second kappa shape index (κ2) is 3.85. The average molecular weight is 217 g/mol. The molecule has 0 radical (unpaired) electrons. The van der Waals surface area contributed by atoms with Gasteiger partial charge in [-0.25, -0.2) is 0 Å². The standard InChI is InChI=1S/C8H11NO4S/c1-6-3-4-7(8(5-6)12-2)13-14(9,10)11/h3-5H,1-2H3,(H2,9,10,11). The van der Waals surface area contributed by atoms with Crippen LogP contribution < -0.4 is 14.1 Å². The van der Waals surface area contributed by atoms with Gasteiger partial charge in [-0.15, -0.1) is 0 Å². The minimum atomic E-state index is -4.00.